The van der Waals surface area contributed by atoms with Crippen LogP contribution >= 0.6 is 0 Å². The van der Waals surface area contributed by atoms with Crippen molar-refractivity contribution in [2.24, 2.45) is 5.41 Å². The van der Waals surface area contributed by atoms with Crippen molar-refractivity contribution in [2.45, 2.75) is 27.7 Å². The Labute approximate surface area is 152 Å². The van der Waals surface area contributed by atoms with E-state index in [1.165, 1.54) is 6.92 Å². The molecule has 5 nitrogen and oxygen atoms in total. The van der Waals surface area contributed by atoms with Gasteiger partial charge in [-0.3, -0.25) is 9.59 Å². The van der Waals surface area contributed by atoms with E-state index >= 15 is 0 Å². The Hall–Kier alpha value is -2.95. The molecule has 0 atom stereocenters. The summed E-state index contributed by atoms with van der Waals surface area (Å²) in [7, 11) is 0. The molecule has 0 radical (unpaired) electrons. The van der Waals surface area contributed by atoms with E-state index in [1.807, 2.05) is 12.1 Å². The summed E-state index contributed by atoms with van der Waals surface area (Å²) in [5, 5.41) is 0. The molecule has 0 fully saturated rings. The van der Waals surface area contributed by atoms with Crippen molar-refractivity contribution in [3.8, 4) is 16.9 Å². The third-order valence-electron chi connectivity index (χ3n) is 3.74. The van der Waals surface area contributed by atoms with E-state index in [4.69, 9.17) is 9.47 Å². The van der Waals surface area contributed by atoms with Crippen LogP contribution in [0.1, 0.15) is 38.1 Å². The number of Topliss-reactive ketones (excluding diaryl/α,β-unsaturated/α-hetero) is 1. The molecular weight excluding hydrogens is 332 g/mol. The summed E-state index contributed by atoms with van der Waals surface area (Å²) >= 11 is 0. The highest BCUT2D eigenvalue weighted by Crippen LogP contribution is 2.23. The highest BCUT2D eigenvalue weighted by atomic mass is 16.5. The molecule has 0 aliphatic rings. The van der Waals surface area contributed by atoms with Gasteiger partial charge in [0.25, 0.3) is 0 Å². The van der Waals surface area contributed by atoms with Gasteiger partial charge in [-0.2, -0.15) is 0 Å². The fourth-order valence-electron chi connectivity index (χ4n) is 2.11. The van der Waals surface area contributed by atoms with E-state index in [0.29, 0.717) is 11.3 Å². The minimum Gasteiger partial charge on any atom is -0.454 e. The molecule has 2 aromatic carbocycles. The van der Waals surface area contributed by atoms with Gasteiger partial charge in [0, 0.05) is 12.3 Å². The van der Waals surface area contributed by atoms with E-state index in [1.54, 1.807) is 57.2 Å². The molecule has 0 unspecified atom stereocenters. The molecule has 0 heterocycles. The van der Waals surface area contributed by atoms with Crippen molar-refractivity contribution < 1.29 is 23.9 Å². The number of rotatable bonds is 5. The van der Waals surface area contributed by atoms with Gasteiger partial charge in [-0.15, -0.1) is 0 Å². The Bertz CT molecular complexity index is 796. The number of ether oxygens (including phenoxy) is 2. The SMILES string of the molecule is CC(=O)Oc1ccc(-c2ccc(C(=O)OCC(=O)C(C)(C)C)cc2)cc1. The lowest BCUT2D eigenvalue weighted by Crippen LogP contribution is -2.26. The first kappa shape index (κ1) is 19.4. The molecule has 0 saturated heterocycles. The van der Waals surface area contributed by atoms with Gasteiger partial charge in [-0.25, -0.2) is 4.79 Å². The van der Waals surface area contributed by atoms with Crippen LogP contribution in [0.15, 0.2) is 48.5 Å². The minimum absolute atomic E-state index is 0.129. The van der Waals surface area contributed by atoms with Gasteiger partial charge >= 0.3 is 11.9 Å². The lowest BCUT2D eigenvalue weighted by Gasteiger charge is -2.16. The Balaban J connectivity index is 2.02. The second-order valence-electron chi connectivity index (χ2n) is 6.94. The first-order chi connectivity index (χ1) is 12.2. The van der Waals surface area contributed by atoms with Crippen LogP contribution in [0, 0.1) is 5.41 Å². The van der Waals surface area contributed by atoms with Crippen LogP contribution in [0.3, 0.4) is 0 Å². The van der Waals surface area contributed by atoms with Gasteiger partial charge in [0.1, 0.15) is 5.75 Å². The maximum Gasteiger partial charge on any atom is 0.338 e. The molecule has 0 bridgehead atoms. The third kappa shape index (κ3) is 5.28. The van der Waals surface area contributed by atoms with Gasteiger partial charge in [0.05, 0.1) is 5.56 Å². The molecule has 136 valence electrons. The van der Waals surface area contributed by atoms with Crippen molar-refractivity contribution in [3.05, 3.63) is 54.1 Å². The zero-order valence-electron chi connectivity index (χ0n) is 15.4. The van der Waals surface area contributed by atoms with Crippen molar-refractivity contribution >= 4 is 17.7 Å². The average molecular weight is 354 g/mol. The highest BCUT2D eigenvalue weighted by molar-refractivity contribution is 5.93. The molecule has 5 heteroatoms. The molecular formula is C21H22O5. The summed E-state index contributed by atoms with van der Waals surface area (Å²) in [4.78, 5) is 34.8. The standard InChI is InChI=1S/C21H22O5/c1-14(22)26-18-11-9-16(10-12-18)15-5-7-17(8-6-15)20(24)25-13-19(23)21(2,3)4/h5-12H,13H2,1-4H3. The largest absolute Gasteiger partial charge is 0.454 e. The van der Waals surface area contributed by atoms with E-state index in [2.05, 4.69) is 0 Å². The van der Waals surface area contributed by atoms with Gasteiger partial charge in [-0.05, 0) is 35.4 Å². The Morgan fingerprint density at radius 1 is 0.846 bits per heavy atom. The van der Waals surface area contributed by atoms with E-state index in [0.717, 1.165) is 11.1 Å². The maximum absolute atomic E-state index is 12.0. The second-order valence-corrected chi connectivity index (χ2v) is 6.94. The monoisotopic (exact) mass is 354 g/mol. The lowest BCUT2D eigenvalue weighted by atomic mass is 9.91. The van der Waals surface area contributed by atoms with E-state index in [9.17, 15) is 14.4 Å². The Kier molecular flexibility index (Phi) is 5.93. The van der Waals surface area contributed by atoms with E-state index < -0.39 is 11.4 Å². The first-order valence-corrected chi connectivity index (χ1v) is 8.26. The van der Waals surface area contributed by atoms with Gasteiger partial charge in [0.2, 0.25) is 0 Å². The molecule has 0 N–H and O–H groups in total. The average Bonchev–Trinajstić information content (AvgIpc) is 2.59. The summed E-state index contributed by atoms with van der Waals surface area (Å²) in [6, 6.07) is 14.0. The predicted molar refractivity (Wildman–Crippen MR) is 97.9 cm³/mol. The summed E-state index contributed by atoms with van der Waals surface area (Å²) in [6.45, 7) is 6.46. The van der Waals surface area contributed by atoms with Crippen molar-refractivity contribution in [1.82, 2.24) is 0 Å². The zero-order chi connectivity index (χ0) is 19.3. The molecule has 26 heavy (non-hydrogen) atoms. The maximum atomic E-state index is 12.0. The lowest BCUT2D eigenvalue weighted by molar-refractivity contribution is -0.132. The molecule has 0 amide bonds. The number of hydrogen-bond donors (Lipinski definition) is 0. The fourth-order valence-corrected chi connectivity index (χ4v) is 2.11. The molecule has 2 rings (SSSR count). The van der Waals surface area contributed by atoms with E-state index in [-0.39, 0.29) is 18.4 Å². The number of ketones is 1. The quantitative estimate of drug-likeness (QED) is 0.598. The summed E-state index contributed by atoms with van der Waals surface area (Å²) in [6.07, 6.45) is 0. The molecule has 0 aromatic heterocycles. The summed E-state index contributed by atoms with van der Waals surface area (Å²) in [5.74, 6) is -0.551. The van der Waals surface area contributed by atoms with Crippen molar-refractivity contribution in [1.29, 1.82) is 0 Å². The third-order valence-corrected chi connectivity index (χ3v) is 3.74. The Morgan fingerprint density at radius 2 is 1.35 bits per heavy atom. The smallest absolute Gasteiger partial charge is 0.338 e. The van der Waals surface area contributed by atoms with Gasteiger partial charge in [0.15, 0.2) is 12.4 Å². The van der Waals surface area contributed by atoms with Crippen LogP contribution in [-0.2, 0) is 14.3 Å². The number of benzene rings is 2. The summed E-state index contributed by atoms with van der Waals surface area (Å²) < 4.78 is 10.1. The van der Waals surface area contributed by atoms with Crippen LogP contribution in [0.4, 0.5) is 0 Å². The summed E-state index contributed by atoms with van der Waals surface area (Å²) in [5.41, 5.74) is 1.67. The van der Waals surface area contributed by atoms with Crippen molar-refractivity contribution in [2.75, 3.05) is 6.61 Å². The van der Waals surface area contributed by atoms with Gasteiger partial charge < -0.3 is 9.47 Å². The molecule has 0 aliphatic carbocycles. The number of esters is 2. The number of carbonyl (C=O) groups excluding carboxylic acids is 3. The van der Waals surface area contributed by atoms with Crippen LogP contribution in [0.25, 0.3) is 11.1 Å². The second kappa shape index (κ2) is 7.95. The number of hydrogen-bond acceptors (Lipinski definition) is 5. The Morgan fingerprint density at radius 3 is 1.81 bits per heavy atom. The number of carbonyl (C=O) groups is 3. The first-order valence-electron chi connectivity index (χ1n) is 8.26. The molecule has 2 aromatic rings. The highest BCUT2D eigenvalue weighted by Gasteiger charge is 2.22. The topological polar surface area (TPSA) is 69.7 Å². The van der Waals surface area contributed by atoms with Crippen LogP contribution in [0.5, 0.6) is 5.75 Å². The van der Waals surface area contributed by atoms with Gasteiger partial charge in [-0.1, -0.05) is 45.0 Å². The molecule has 0 saturated carbocycles. The normalized spacial score (nSPS) is 10.9. The molecule has 0 spiro atoms. The zero-order valence-corrected chi connectivity index (χ0v) is 15.4. The predicted octanol–water partition coefficient (Wildman–Crippen LogP) is 4.05. The fraction of sp³-hybridized carbons (Fsp3) is 0.286. The van der Waals surface area contributed by atoms with Crippen molar-refractivity contribution in [3.63, 3.8) is 0 Å². The molecule has 0 aliphatic heterocycles. The minimum atomic E-state index is -0.539. The van der Waals surface area contributed by atoms with Crippen LogP contribution in [0.2, 0.25) is 0 Å². The van der Waals surface area contributed by atoms with Crippen LogP contribution in [-0.4, -0.2) is 24.3 Å². The van der Waals surface area contributed by atoms with Crippen LogP contribution < -0.4 is 4.74 Å².